The Morgan fingerprint density at radius 2 is 2.30 bits per heavy atom. The van der Waals surface area contributed by atoms with Gasteiger partial charge in [0.1, 0.15) is 0 Å². The minimum atomic E-state index is 0.0823. The lowest BCUT2D eigenvalue weighted by Crippen LogP contribution is -2.16. The summed E-state index contributed by atoms with van der Waals surface area (Å²) < 4.78 is 10.7. The number of fused-ring (bicyclic) bond motifs is 1. The maximum Gasteiger partial charge on any atom is 0.0864 e. The largest absolute Gasteiger partial charge is 0.394 e. The van der Waals surface area contributed by atoms with Gasteiger partial charge in [0, 0.05) is 5.92 Å². The number of aliphatic hydroxyl groups is 1. The predicted molar refractivity (Wildman–Crippen MR) is 34.7 cm³/mol. The Hall–Kier alpha value is -0.120. The summed E-state index contributed by atoms with van der Waals surface area (Å²) in [5.41, 5.74) is 0. The lowest BCUT2D eigenvalue weighted by atomic mass is 10.0. The Kier molecular flexibility index (Phi) is 1.64. The molecule has 0 spiro atoms. The van der Waals surface area contributed by atoms with Gasteiger partial charge in [-0.25, -0.2) is 0 Å². The molecule has 0 aromatic rings. The van der Waals surface area contributed by atoms with Crippen molar-refractivity contribution in [3.8, 4) is 0 Å². The van der Waals surface area contributed by atoms with E-state index in [4.69, 9.17) is 14.6 Å². The zero-order valence-corrected chi connectivity index (χ0v) is 5.82. The van der Waals surface area contributed by atoms with Gasteiger partial charge in [-0.2, -0.15) is 0 Å². The second kappa shape index (κ2) is 2.49. The van der Waals surface area contributed by atoms with E-state index in [1.165, 1.54) is 0 Å². The van der Waals surface area contributed by atoms with E-state index in [9.17, 15) is 0 Å². The maximum absolute atomic E-state index is 8.76. The molecule has 2 rings (SSSR count). The second-order valence-corrected chi connectivity index (χ2v) is 3.01. The van der Waals surface area contributed by atoms with Crippen molar-refractivity contribution in [2.45, 2.75) is 18.6 Å². The van der Waals surface area contributed by atoms with Crippen LogP contribution in [0, 0.1) is 5.92 Å². The van der Waals surface area contributed by atoms with Crippen LogP contribution >= 0.6 is 0 Å². The van der Waals surface area contributed by atoms with Gasteiger partial charge in [0.05, 0.1) is 32.0 Å². The number of hydrogen-bond donors (Lipinski definition) is 1. The van der Waals surface area contributed by atoms with Crippen LogP contribution in [0.3, 0.4) is 0 Å². The summed E-state index contributed by atoms with van der Waals surface area (Å²) in [4.78, 5) is 0. The van der Waals surface area contributed by atoms with Gasteiger partial charge >= 0.3 is 0 Å². The van der Waals surface area contributed by atoms with Gasteiger partial charge in [-0.3, -0.25) is 0 Å². The molecule has 0 aliphatic carbocycles. The molecule has 0 amide bonds. The average molecular weight is 144 g/mol. The zero-order valence-electron chi connectivity index (χ0n) is 5.82. The number of ether oxygens (including phenoxy) is 2. The first-order chi connectivity index (χ1) is 4.90. The Balaban J connectivity index is 1.94. The van der Waals surface area contributed by atoms with E-state index in [1.54, 1.807) is 0 Å². The molecule has 0 radical (unpaired) electrons. The predicted octanol–water partition coefficient (Wildman–Crippen LogP) is -0.217. The normalized spacial score (nSPS) is 45.9. The number of rotatable bonds is 1. The summed E-state index contributed by atoms with van der Waals surface area (Å²) in [5.74, 6) is 0.553. The van der Waals surface area contributed by atoms with Crippen LogP contribution in [0.5, 0.6) is 0 Å². The van der Waals surface area contributed by atoms with E-state index >= 15 is 0 Å². The van der Waals surface area contributed by atoms with E-state index < -0.39 is 0 Å². The third kappa shape index (κ3) is 0.944. The molecule has 3 nitrogen and oxygen atoms in total. The molecule has 0 aromatic carbocycles. The van der Waals surface area contributed by atoms with Crippen molar-refractivity contribution in [2.24, 2.45) is 5.92 Å². The third-order valence-corrected chi connectivity index (χ3v) is 2.28. The van der Waals surface area contributed by atoms with E-state index in [-0.39, 0.29) is 18.8 Å². The van der Waals surface area contributed by atoms with E-state index in [2.05, 4.69) is 0 Å². The molecule has 3 atom stereocenters. The first-order valence-electron chi connectivity index (χ1n) is 3.74. The molecule has 2 fully saturated rings. The summed E-state index contributed by atoms with van der Waals surface area (Å²) >= 11 is 0. The highest BCUT2D eigenvalue weighted by Crippen LogP contribution is 2.30. The van der Waals surface area contributed by atoms with E-state index in [0.717, 1.165) is 19.6 Å². The number of aliphatic hydroxyl groups excluding tert-OH is 1. The Labute approximate surface area is 59.9 Å². The second-order valence-electron chi connectivity index (χ2n) is 3.01. The first-order valence-corrected chi connectivity index (χ1v) is 3.74. The summed E-state index contributed by atoms with van der Waals surface area (Å²) in [5, 5.41) is 8.76. The van der Waals surface area contributed by atoms with Crippen LogP contribution in [0.2, 0.25) is 0 Å². The third-order valence-electron chi connectivity index (χ3n) is 2.28. The van der Waals surface area contributed by atoms with Crippen LogP contribution in [-0.4, -0.2) is 37.1 Å². The standard InChI is InChI=1S/C7H12O3/c8-2-6-1-5-3-9-4-7(5)10-6/h5-8H,1-4H2. The van der Waals surface area contributed by atoms with Crippen molar-refractivity contribution in [1.82, 2.24) is 0 Å². The van der Waals surface area contributed by atoms with E-state index in [1.807, 2.05) is 0 Å². The molecule has 3 unspecified atom stereocenters. The lowest BCUT2D eigenvalue weighted by molar-refractivity contribution is -0.00607. The van der Waals surface area contributed by atoms with E-state index in [0.29, 0.717) is 5.92 Å². The highest BCUT2D eigenvalue weighted by atomic mass is 16.6. The Morgan fingerprint density at radius 1 is 1.40 bits per heavy atom. The minimum absolute atomic E-state index is 0.0823. The van der Waals surface area contributed by atoms with Crippen LogP contribution in [0.25, 0.3) is 0 Å². The molecule has 2 heterocycles. The highest BCUT2D eigenvalue weighted by Gasteiger charge is 2.38. The molecular formula is C7H12O3. The quantitative estimate of drug-likeness (QED) is 0.553. The van der Waals surface area contributed by atoms with Crippen LogP contribution in [0.1, 0.15) is 6.42 Å². The summed E-state index contributed by atoms with van der Waals surface area (Å²) in [6.45, 7) is 1.70. The fraction of sp³-hybridized carbons (Fsp3) is 1.00. The minimum Gasteiger partial charge on any atom is -0.394 e. The molecule has 0 aromatic heterocycles. The molecule has 2 aliphatic rings. The molecular weight excluding hydrogens is 132 g/mol. The van der Waals surface area contributed by atoms with Gasteiger partial charge in [0.15, 0.2) is 0 Å². The molecule has 58 valence electrons. The molecule has 10 heavy (non-hydrogen) atoms. The van der Waals surface area contributed by atoms with Gasteiger partial charge < -0.3 is 14.6 Å². The van der Waals surface area contributed by atoms with Gasteiger partial charge in [0.25, 0.3) is 0 Å². The fourth-order valence-corrected chi connectivity index (χ4v) is 1.71. The summed E-state index contributed by atoms with van der Waals surface area (Å²) in [6.07, 6.45) is 1.33. The van der Waals surface area contributed by atoms with Gasteiger partial charge in [-0.05, 0) is 6.42 Å². The fourth-order valence-electron chi connectivity index (χ4n) is 1.71. The first kappa shape index (κ1) is 6.58. The summed E-state index contributed by atoms with van der Waals surface area (Å²) in [7, 11) is 0. The maximum atomic E-state index is 8.76. The Bertz CT molecular complexity index is 114. The van der Waals surface area contributed by atoms with Crippen molar-refractivity contribution in [3.63, 3.8) is 0 Å². The highest BCUT2D eigenvalue weighted by molar-refractivity contribution is 4.85. The van der Waals surface area contributed by atoms with Gasteiger partial charge in [-0.15, -0.1) is 0 Å². The molecule has 0 bridgehead atoms. The van der Waals surface area contributed by atoms with Crippen LogP contribution in [0.15, 0.2) is 0 Å². The van der Waals surface area contributed by atoms with Crippen LogP contribution in [0.4, 0.5) is 0 Å². The average Bonchev–Trinajstić information content (AvgIpc) is 2.42. The SMILES string of the molecule is OCC1CC2COCC2O1. The molecule has 1 N–H and O–H groups in total. The van der Waals surface area contributed by atoms with Crippen molar-refractivity contribution < 1.29 is 14.6 Å². The molecule has 2 saturated heterocycles. The smallest absolute Gasteiger partial charge is 0.0864 e. The number of hydrogen-bond acceptors (Lipinski definition) is 3. The van der Waals surface area contributed by atoms with Crippen molar-refractivity contribution in [3.05, 3.63) is 0 Å². The lowest BCUT2D eigenvalue weighted by Gasteiger charge is -2.07. The van der Waals surface area contributed by atoms with Crippen molar-refractivity contribution in [2.75, 3.05) is 19.8 Å². The van der Waals surface area contributed by atoms with Crippen molar-refractivity contribution >= 4 is 0 Å². The van der Waals surface area contributed by atoms with Crippen molar-refractivity contribution in [1.29, 1.82) is 0 Å². The zero-order chi connectivity index (χ0) is 6.97. The monoisotopic (exact) mass is 144 g/mol. The molecule has 3 heteroatoms. The summed E-state index contributed by atoms with van der Waals surface area (Å²) in [6, 6.07) is 0. The topological polar surface area (TPSA) is 38.7 Å². The van der Waals surface area contributed by atoms with Crippen LogP contribution in [-0.2, 0) is 9.47 Å². The van der Waals surface area contributed by atoms with Gasteiger partial charge in [0.2, 0.25) is 0 Å². The Morgan fingerprint density at radius 3 is 3.00 bits per heavy atom. The van der Waals surface area contributed by atoms with Crippen LogP contribution < -0.4 is 0 Å². The molecule has 2 aliphatic heterocycles. The van der Waals surface area contributed by atoms with Gasteiger partial charge in [-0.1, -0.05) is 0 Å². The molecule has 0 saturated carbocycles.